The molecule has 1 unspecified atom stereocenters. The summed E-state index contributed by atoms with van der Waals surface area (Å²) in [6.07, 6.45) is 2.57. The van der Waals surface area contributed by atoms with Crippen molar-refractivity contribution >= 4 is 38.5 Å². The van der Waals surface area contributed by atoms with Crippen LogP contribution in [0.5, 0.6) is 0 Å². The number of nitrogens with zero attached hydrogens (tertiary/aromatic N) is 1. The van der Waals surface area contributed by atoms with Crippen LogP contribution in [-0.2, 0) is 6.42 Å². The van der Waals surface area contributed by atoms with Crippen LogP contribution < -0.4 is 5.73 Å². The molecule has 4 heteroatoms. The van der Waals surface area contributed by atoms with Crippen molar-refractivity contribution in [2.45, 2.75) is 19.4 Å². The van der Waals surface area contributed by atoms with E-state index in [1.54, 1.807) is 0 Å². The smallest absolute Gasteiger partial charge is 0.0423 e. The minimum absolute atomic E-state index is 0.00882. The highest BCUT2D eigenvalue weighted by Gasteiger charge is 2.12. The van der Waals surface area contributed by atoms with Crippen molar-refractivity contribution in [3.05, 3.63) is 61.4 Å². The lowest BCUT2D eigenvalue weighted by Gasteiger charge is -2.15. The van der Waals surface area contributed by atoms with Crippen LogP contribution in [0.2, 0.25) is 0 Å². The topological polar surface area (TPSA) is 38.9 Å². The third-order valence-corrected chi connectivity index (χ3v) is 4.78. The largest absolute Gasteiger partial charge is 0.324 e. The van der Waals surface area contributed by atoms with Crippen LogP contribution in [0.1, 0.15) is 22.9 Å². The Labute approximate surface area is 129 Å². The molecule has 94 valence electrons. The van der Waals surface area contributed by atoms with Crippen molar-refractivity contribution in [1.29, 1.82) is 0 Å². The fraction of sp³-hybridized carbons (Fsp3) is 0.214. The summed E-state index contributed by atoms with van der Waals surface area (Å²) in [5, 5.41) is 0. The first-order valence-corrected chi connectivity index (χ1v) is 7.56. The number of rotatable bonds is 3. The SMILES string of the molecule is Cc1cccc(C(N)Cc2ccc(Br)cn2)c1I. The van der Waals surface area contributed by atoms with Crippen molar-refractivity contribution in [3.63, 3.8) is 0 Å². The van der Waals surface area contributed by atoms with Crippen LogP contribution in [0.4, 0.5) is 0 Å². The summed E-state index contributed by atoms with van der Waals surface area (Å²) in [6, 6.07) is 10.3. The highest BCUT2D eigenvalue weighted by Crippen LogP contribution is 2.24. The molecule has 0 amide bonds. The molecule has 1 aromatic heterocycles. The van der Waals surface area contributed by atoms with Crippen LogP contribution in [-0.4, -0.2) is 4.98 Å². The van der Waals surface area contributed by atoms with E-state index in [-0.39, 0.29) is 6.04 Å². The first-order valence-electron chi connectivity index (χ1n) is 5.69. The Morgan fingerprint density at radius 3 is 2.78 bits per heavy atom. The van der Waals surface area contributed by atoms with E-state index in [0.29, 0.717) is 0 Å². The fourth-order valence-electron chi connectivity index (χ4n) is 1.82. The number of halogens is 2. The zero-order chi connectivity index (χ0) is 13.1. The van der Waals surface area contributed by atoms with Gasteiger partial charge < -0.3 is 5.73 Å². The lowest BCUT2D eigenvalue weighted by Crippen LogP contribution is -2.15. The van der Waals surface area contributed by atoms with Gasteiger partial charge in [0.05, 0.1) is 0 Å². The number of pyridine rings is 1. The van der Waals surface area contributed by atoms with Gasteiger partial charge in [0, 0.05) is 32.4 Å². The van der Waals surface area contributed by atoms with Crippen LogP contribution in [0.15, 0.2) is 41.0 Å². The van der Waals surface area contributed by atoms with E-state index in [0.717, 1.165) is 16.6 Å². The molecule has 1 aromatic carbocycles. The predicted octanol–water partition coefficient (Wildman–Crippen LogP) is 4.00. The average Bonchev–Trinajstić information content (AvgIpc) is 2.35. The van der Waals surface area contributed by atoms with Gasteiger partial charge in [-0.3, -0.25) is 4.98 Å². The zero-order valence-electron chi connectivity index (χ0n) is 10.0. The predicted molar refractivity (Wildman–Crippen MR) is 86.5 cm³/mol. The second-order valence-corrected chi connectivity index (χ2v) is 6.25. The third kappa shape index (κ3) is 3.30. The normalized spacial score (nSPS) is 12.4. The number of benzene rings is 1. The molecule has 0 bridgehead atoms. The zero-order valence-corrected chi connectivity index (χ0v) is 13.8. The Morgan fingerprint density at radius 2 is 2.11 bits per heavy atom. The Kier molecular flexibility index (Phi) is 4.75. The van der Waals surface area contributed by atoms with Crippen LogP contribution >= 0.6 is 38.5 Å². The molecule has 0 fully saturated rings. The van der Waals surface area contributed by atoms with Crippen molar-refractivity contribution in [2.75, 3.05) is 0 Å². The third-order valence-electron chi connectivity index (χ3n) is 2.84. The summed E-state index contributed by atoms with van der Waals surface area (Å²) < 4.78 is 2.24. The molecule has 0 radical (unpaired) electrons. The monoisotopic (exact) mass is 416 g/mol. The lowest BCUT2D eigenvalue weighted by molar-refractivity contribution is 0.702. The Balaban J connectivity index is 2.19. The summed E-state index contributed by atoms with van der Waals surface area (Å²) in [5.74, 6) is 0. The number of hydrogen-bond donors (Lipinski definition) is 1. The van der Waals surface area contributed by atoms with Crippen molar-refractivity contribution < 1.29 is 0 Å². The van der Waals surface area contributed by atoms with E-state index in [1.807, 2.05) is 18.3 Å². The van der Waals surface area contributed by atoms with E-state index >= 15 is 0 Å². The highest BCUT2D eigenvalue weighted by molar-refractivity contribution is 14.1. The minimum Gasteiger partial charge on any atom is -0.324 e. The number of aryl methyl sites for hydroxylation is 1. The summed E-state index contributed by atoms with van der Waals surface area (Å²) >= 11 is 5.74. The van der Waals surface area contributed by atoms with Gasteiger partial charge in [0.2, 0.25) is 0 Å². The Hall–Kier alpha value is -0.460. The summed E-state index contributed by atoms with van der Waals surface area (Å²) in [5.41, 5.74) is 9.76. The van der Waals surface area contributed by atoms with Crippen molar-refractivity contribution in [2.24, 2.45) is 5.73 Å². The van der Waals surface area contributed by atoms with E-state index in [4.69, 9.17) is 5.73 Å². The maximum Gasteiger partial charge on any atom is 0.0423 e. The molecule has 0 saturated heterocycles. The van der Waals surface area contributed by atoms with E-state index < -0.39 is 0 Å². The number of aromatic nitrogens is 1. The molecule has 1 atom stereocenters. The summed E-state index contributed by atoms with van der Waals surface area (Å²) in [6.45, 7) is 2.11. The van der Waals surface area contributed by atoms with Gasteiger partial charge in [0.1, 0.15) is 0 Å². The fourth-order valence-corrected chi connectivity index (χ4v) is 2.81. The highest BCUT2D eigenvalue weighted by atomic mass is 127. The second-order valence-electron chi connectivity index (χ2n) is 4.26. The van der Waals surface area contributed by atoms with Gasteiger partial charge in [0.15, 0.2) is 0 Å². The molecule has 0 spiro atoms. The molecule has 2 nitrogen and oxygen atoms in total. The molecule has 2 rings (SSSR count). The van der Waals surface area contributed by atoms with E-state index in [1.165, 1.54) is 14.7 Å². The maximum atomic E-state index is 6.28. The molecule has 1 heterocycles. The molecule has 2 N–H and O–H groups in total. The molecule has 18 heavy (non-hydrogen) atoms. The Bertz CT molecular complexity index is 540. The molecule has 0 saturated carbocycles. The molecule has 2 aromatic rings. The second kappa shape index (κ2) is 6.12. The van der Waals surface area contributed by atoms with Crippen LogP contribution in [0.3, 0.4) is 0 Å². The van der Waals surface area contributed by atoms with Gasteiger partial charge in [-0.2, -0.15) is 0 Å². The van der Waals surface area contributed by atoms with Crippen molar-refractivity contribution in [3.8, 4) is 0 Å². The van der Waals surface area contributed by atoms with Gasteiger partial charge >= 0.3 is 0 Å². The van der Waals surface area contributed by atoms with Gasteiger partial charge in [0.25, 0.3) is 0 Å². The first-order chi connectivity index (χ1) is 8.58. The standard InChI is InChI=1S/C14H14BrIN2/c1-9-3-2-4-12(14(9)16)13(17)7-11-6-5-10(15)8-18-11/h2-6,8,13H,7,17H2,1H3. The molecule has 0 aliphatic carbocycles. The minimum atomic E-state index is -0.00882. The van der Waals surface area contributed by atoms with Crippen molar-refractivity contribution in [1.82, 2.24) is 4.98 Å². The number of hydrogen-bond acceptors (Lipinski definition) is 2. The van der Waals surface area contributed by atoms with Crippen LogP contribution in [0, 0.1) is 10.5 Å². The molecule has 0 aliphatic heterocycles. The van der Waals surface area contributed by atoms with E-state index in [2.05, 4.69) is 68.6 Å². The molecular weight excluding hydrogens is 403 g/mol. The van der Waals surface area contributed by atoms with Gasteiger partial charge in [-0.05, 0) is 68.7 Å². The lowest BCUT2D eigenvalue weighted by atomic mass is 10.0. The molecular formula is C14H14BrIN2. The van der Waals surface area contributed by atoms with Gasteiger partial charge in [-0.1, -0.05) is 18.2 Å². The van der Waals surface area contributed by atoms with E-state index in [9.17, 15) is 0 Å². The van der Waals surface area contributed by atoms with Gasteiger partial charge in [-0.15, -0.1) is 0 Å². The summed E-state index contributed by atoms with van der Waals surface area (Å²) in [7, 11) is 0. The maximum absolute atomic E-state index is 6.28. The van der Waals surface area contributed by atoms with Gasteiger partial charge in [-0.25, -0.2) is 0 Å². The summed E-state index contributed by atoms with van der Waals surface area (Å²) in [4.78, 5) is 4.37. The Morgan fingerprint density at radius 1 is 1.33 bits per heavy atom. The first kappa shape index (κ1) is 14.0. The average molecular weight is 417 g/mol. The van der Waals surface area contributed by atoms with Crippen LogP contribution in [0.25, 0.3) is 0 Å². The molecule has 0 aliphatic rings. The quantitative estimate of drug-likeness (QED) is 0.768. The number of nitrogens with two attached hydrogens (primary N) is 1.